The average molecular weight is 304 g/mol. The Balaban J connectivity index is 1.46. The first kappa shape index (κ1) is 15.4. The summed E-state index contributed by atoms with van der Waals surface area (Å²) in [6, 6.07) is 5.92. The number of ether oxygens (including phenoxy) is 1. The highest BCUT2D eigenvalue weighted by atomic mass is 16.5. The molecule has 2 atom stereocenters. The molecule has 3 heterocycles. The molecule has 1 N–H and O–H groups in total. The van der Waals surface area contributed by atoms with E-state index in [0.29, 0.717) is 0 Å². The summed E-state index contributed by atoms with van der Waals surface area (Å²) < 4.78 is 5.31. The van der Waals surface area contributed by atoms with Crippen LogP contribution in [-0.2, 0) is 16.1 Å². The van der Waals surface area contributed by atoms with Crippen molar-refractivity contribution >= 4 is 5.91 Å². The Morgan fingerprint density at radius 3 is 2.82 bits per heavy atom. The molecule has 0 unspecified atom stereocenters. The van der Waals surface area contributed by atoms with Crippen LogP contribution < -0.4 is 5.32 Å². The molecule has 0 spiro atoms. The molecule has 1 aromatic heterocycles. The van der Waals surface area contributed by atoms with Crippen LogP contribution >= 0.6 is 0 Å². The first-order valence-corrected chi connectivity index (χ1v) is 7.93. The molecule has 6 nitrogen and oxygen atoms in total. The summed E-state index contributed by atoms with van der Waals surface area (Å²) in [5, 5.41) is 3.27. The lowest BCUT2D eigenvalue weighted by atomic mass is 10.1. The van der Waals surface area contributed by atoms with Crippen molar-refractivity contribution in [3.8, 4) is 0 Å². The van der Waals surface area contributed by atoms with Crippen molar-refractivity contribution in [2.45, 2.75) is 25.1 Å². The van der Waals surface area contributed by atoms with Gasteiger partial charge in [-0.15, -0.1) is 0 Å². The Morgan fingerprint density at radius 1 is 1.36 bits per heavy atom. The molecule has 0 aliphatic carbocycles. The number of rotatable bonds is 4. The molecule has 2 fully saturated rings. The molecular formula is C16H24N4O2. The summed E-state index contributed by atoms with van der Waals surface area (Å²) in [7, 11) is 1.70. The van der Waals surface area contributed by atoms with Crippen LogP contribution in [0.15, 0.2) is 24.4 Å². The first-order chi connectivity index (χ1) is 10.8. The lowest BCUT2D eigenvalue weighted by Gasteiger charge is -2.35. The first-order valence-electron chi connectivity index (χ1n) is 7.93. The van der Waals surface area contributed by atoms with Crippen molar-refractivity contribution in [1.29, 1.82) is 0 Å². The highest BCUT2D eigenvalue weighted by molar-refractivity contribution is 5.82. The van der Waals surface area contributed by atoms with Crippen molar-refractivity contribution in [2.24, 2.45) is 0 Å². The monoisotopic (exact) mass is 304 g/mol. The van der Waals surface area contributed by atoms with Gasteiger partial charge in [0.15, 0.2) is 0 Å². The van der Waals surface area contributed by atoms with Gasteiger partial charge < -0.3 is 15.0 Å². The van der Waals surface area contributed by atoms with Crippen LogP contribution in [0.4, 0.5) is 0 Å². The Hall–Kier alpha value is -1.50. The van der Waals surface area contributed by atoms with E-state index in [9.17, 15) is 4.79 Å². The maximum atomic E-state index is 12.5. The summed E-state index contributed by atoms with van der Waals surface area (Å²) in [4.78, 5) is 21.2. The van der Waals surface area contributed by atoms with E-state index in [1.54, 1.807) is 7.11 Å². The number of methoxy groups -OCH3 is 1. The fraction of sp³-hybridized carbons (Fsp3) is 0.625. The molecule has 2 aliphatic rings. The van der Waals surface area contributed by atoms with Crippen LogP contribution in [0, 0.1) is 0 Å². The summed E-state index contributed by atoms with van der Waals surface area (Å²) in [5.74, 6) is 0.219. The smallest absolute Gasteiger partial charge is 0.239 e. The summed E-state index contributed by atoms with van der Waals surface area (Å²) >= 11 is 0. The van der Waals surface area contributed by atoms with Crippen molar-refractivity contribution in [3.05, 3.63) is 30.1 Å². The number of piperazine rings is 1. The van der Waals surface area contributed by atoms with Gasteiger partial charge in [0.25, 0.3) is 0 Å². The average Bonchev–Trinajstić information content (AvgIpc) is 3.05. The third kappa shape index (κ3) is 3.63. The number of nitrogens with one attached hydrogen (secondary N) is 1. The van der Waals surface area contributed by atoms with Crippen LogP contribution in [0.5, 0.6) is 0 Å². The van der Waals surface area contributed by atoms with Gasteiger partial charge in [-0.05, 0) is 18.6 Å². The van der Waals surface area contributed by atoms with E-state index in [1.807, 2.05) is 29.3 Å². The van der Waals surface area contributed by atoms with Crippen molar-refractivity contribution in [3.63, 3.8) is 0 Å². The number of nitrogens with zero attached hydrogens (tertiary/aromatic N) is 3. The largest absolute Gasteiger partial charge is 0.380 e. The van der Waals surface area contributed by atoms with E-state index in [1.165, 1.54) is 0 Å². The normalized spacial score (nSPS) is 26.3. The van der Waals surface area contributed by atoms with Gasteiger partial charge in [-0.3, -0.25) is 14.7 Å². The van der Waals surface area contributed by atoms with E-state index >= 15 is 0 Å². The van der Waals surface area contributed by atoms with Crippen LogP contribution in [0.1, 0.15) is 12.1 Å². The highest BCUT2D eigenvalue weighted by Crippen LogP contribution is 2.14. The molecule has 2 saturated heterocycles. The minimum Gasteiger partial charge on any atom is -0.380 e. The topological polar surface area (TPSA) is 57.7 Å². The zero-order chi connectivity index (χ0) is 15.4. The van der Waals surface area contributed by atoms with Crippen molar-refractivity contribution < 1.29 is 9.53 Å². The minimum atomic E-state index is -0.0766. The van der Waals surface area contributed by atoms with Gasteiger partial charge in [0.05, 0.1) is 17.8 Å². The molecule has 0 radical (unpaired) electrons. The molecule has 6 heteroatoms. The molecule has 3 rings (SSSR count). The number of carbonyl (C=O) groups excluding carboxylic acids is 1. The highest BCUT2D eigenvalue weighted by Gasteiger charge is 2.33. The molecule has 1 amide bonds. The van der Waals surface area contributed by atoms with E-state index in [4.69, 9.17) is 4.74 Å². The Kier molecular flexibility index (Phi) is 5.02. The van der Waals surface area contributed by atoms with Crippen molar-refractivity contribution in [2.75, 3.05) is 39.8 Å². The van der Waals surface area contributed by atoms with E-state index in [0.717, 1.165) is 51.4 Å². The second-order valence-electron chi connectivity index (χ2n) is 5.98. The maximum Gasteiger partial charge on any atom is 0.239 e. The molecule has 0 saturated carbocycles. The number of amides is 1. The van der Waals surface area contributed by atoms with E-state index < -0.39 is 0 Å². The number of pyridine rings is 1. The Labute approximate surface area is 131 Å². The lowest BCUT2D eigenvalue weighted by molar-refractivity contribution is -0.135. The second kappa shape index (κ2) is 7.17. The zero-order valence-electron chi connectivity index (χ0n) is 13.1. The van der Waals surface area contributed by atoms with Crippen LogP contribution in [0.3, 0.4) is 0 Å². The van der Waals surface area contributed by atoms with Gasteiger partial charge in [0.1, 0.15) is 0 Å². The van der Waals surface area contributed by atoms with Gasteiger partial charge in [-0.2, -0.15) is 0 Å². The van der Waals surface area contributed by atoms with Gasteiger partial charge in [-0.25, -0.2) is 0 Å². The number of carbonyl (C=O) groups is 1. The summed E-state index contributed by atoms with van der Waals surface area (Å²) in [6.45, 7) is 5.03. The van der Waals surface area contributed by atoms with E-state index in [-0.39, 0.29) is 18.1 Å². The Bertz CT molecular complexity index is 488. The van der Waals surface area contributed by atoms with Crippen molar-refractivity contribution in [1.82, 2.24) is 20.1 Å². The minimum absolute atomic E-state index is 0.0766. The molecular weight excluding hydrogens is 280 g/mol. The lowest BCUT2D eigenvalue weighted by Crippen LogP contribution is -2.52. The third-order valence-corrected chi connectivity index (χ3v) is 4.52. The third-order valence-electron chi connectivity index (χ3n) is 4.52. The fourth-order valence-electron chi connectivity index (χ4n) is 3.14. The molecule has 22 heavy (non-hydrogen) atoms. The van der Waals surface area contributed by atoms with Gasteiger partial charge in [0, 0.05) is 52.6 Å². The van der Waals surface area contributed by atoms with Gasteiger partial charge >= 0.3 is 0 Å². The number of hydrogen-bond acceptors (Lipinski definition) is 5. The van der Waals surface area contributed by atoms with Crippen LogP contribution in [-0.4, -0.2) is 72.7 Å². The Morgan fingerprint density at radius 2 is 2.18 bits per heavy atom. The maximum absolute atomic E-state index is 12.5. The number of hydrogen-bond donors (Lipinski definition) is 1. The predicted octanol–water partition coefficient (Wildman–Crippen LogP) is 0.103. The van der Waals surface area contributed by atoms with Crippen LogP contribution in [0.2, 0.25) is 0 Å². The molecule has 1 aromatic rings. The molecule has 120 valence electrons. The van der Waals surface area contributed by atoms with Crippen LogP contribution in [0.25, 0.3) is 0 Å². The fourth-order valence-corrected chi connectivity index (χ4v) is 3.14. The second-order valence-corrected chi connectivity index (χ2v) is 5.98. The van der Waals surface area contributed by atoms with E-state index in [2.05, 4.69) is 15.2 Å². The summed E-state index contributed by atoms with van der Waals surface area (Å²) in [6.07, 6.45) is 2.77. The number of aromatic nitrogens is 1. The SMILES string of the molecule is CO[C@@H]1CN[C@@H](C(=O)N2CCN(Cc3ccccn3)CC2)C1. The zero-order valence-corrected chi connectivity index (χ0v) is 13.1. The van der Waals surface area contributed by atoms with Gasteiger partial charge in [-0.1, -0.05) is 6.07 Å². The molecule has 0 bridgehead atoms. The quantitative estimate of drug-likeness (QED) is 0.855. The summed E-state index contributed by atoms with van der Waals surface area (Å²) in [5.41, 5.74) is 1.09. The molecule has 2 aliphatic heterocycles. The standard InChI is InChI=1S/C16H24N4O2/c1-22-14-10-15(18-11-14)16(21)20-8-6-19(7-9-20)12-13-4-2-3-5-17-13/h2-5,14-15,18H,6-12H2,1H3/t14-,15+/m0/s1. The van der Waals surface area contributed by atoms with Gasteiger partial charge in [0.2, 0.25) is 5.91 Å². The molecule has 0 aromatic carbocycles. The predicted molar refractivity (Wildman–Crippen MR) is 83.3 cm³/mol.